The van der Waals surface area contributed by atoms with Gasteiger partial charge in [-0.15, -0.1) is 0 Å². The van der Waals surface area contributed by atoms with Gasteiger partial charge in [-0.3, -0.25) is 0 Å². The zero-order valence-corrected chi connectivity index (χ0v) is 14.3. The zero-order chi connectivity index (χ0) is 17.0. The van der Waals surface area contributed by atoms with E-state index in [0.29, 0.717) is 19.2 Å². The van der Waals surface area contributed by atoms with Gasteiger partial charge in [0.1, 0.15) is 0 Å². The number of hydrogen-bond donors (Lipinski definition) is 0. The van der Waals surface area contributed by atoms with E-state index < -0.39 is 18.6 Å². The van der Waals surface area contributed by atoms with Gasteiger partial charge in [-0.25, -0.2) is 4.98 Å². The van der Waals surface area contributed by atoms with Gasteiger partial charge in [0.05, 0.1) is 0 Å². The second kappa shape index (κ2) is 7.54. The zero-order valence-electron chi connectivity index (χ0n) is 12.5. The molecule has 6 nitrogen and oxygen atoms in total. The molecule has 126 valence electrons. The molecule has 0 bridgehead atoms. The molecule has 0 saturated carbocycles. The Hall–Kier alpha value is -0.960. The van der Waals surface area contributed by atoms with Gasteiger partial charge in [0.2, 0.25) is 11.8 Å². The first-order valence-corrected chi connectivity index (χ1v) is 8.87. The Morgan fingerprint density at radius 3 is 2.14 bits per heavy atom. The molecular formula is C11H17F3N3O3PS. The lowest BCUT2D eigenvalue weighted by Crippen LogP contribution is -2.25. The van der Waals surface area contributed by atoms with Crippen molar-refractivity contribution in [3.05, 3.63) is 11.8 Å². The van der Waals surface area contributed by atoms with Gasteiger partial charge in [0, 0.05) is 45.2 Å². The number of rotatable bonds is 7. The predicted molar refractivity (Wildman–Crippen MR) is 79.5 cm³/mol. The highest BCUT2D eigenvalue weighted by Crippen LogP contribution is 2.48. The molecule has 22 heavy (non-hydrogen) atoms. The van der Waals surface area contributed by atoms with Gasteiger partial charge in [-0.1, -0.05) is 0 Å². The topological polar surface area (TPSA) is 56.7 Å². The Balaban J connectivity index is 3.32. The molecule has 1 rings (SSSR count). The van der Waals surface area contributed by atoms with Crippen LogP contribution in [-0.4, -0.2) is 37.3 Å². The van der Waals surface area contributed by atoms with E-state index in [0.717, 1.165) is 0 Å². The maximum Gasteiger partial charge on any atom is 0.433 e. The lowest BCUT2D eigenvalue weighted by atomic mass is 10.4. The molecule has 0 aliphatic carbocycles. The van der Waals surface area contributed by atoms with Crippen LogP contribution < -0.4 is 9.42 Å². The van der Waals surface area contributed by atoms with E-state index in [9.17, 15) is 13.2 Å². The highest BCUT2D eigenvalue weighted by Gasteiger charge is 2.35. The molecule has 0 radical (unpaired) electrons. The van der Waals surface area contributed by atoms with Crippen LogP contribution in [0.1, 0.15) is 19.5 Å². The Labute approximate surface area is 131 Å². The molecular weight excluding hydrogens is 342 g/mol. The fourth-order valence-electron chi connectivity index (χ4n) is 1.52. The molecule has 11 heteroatoms. The van der Waals surface area contributed by atoms with Crippen molar-refractivity contribution >= 4 is 24.5 Å². The first-order valence-electron chi connectivity index (χ1n) is 6.31. The van der Waals surface area contributed by atoms with Gasteiger partial charge in [0.15, 0.2) is 5.69 Å². The minimum Gasteiger partial charge on any atom is -0.405 e. The largest absolute Gasteiger partial charge is 0.433 e. The Bertz CT molecular complexity index is 547. The molecule has 1 aromatic rings. The van der Waals surface area contributed by atoms with Crippen molar-refractivity contribution in [2.45, 2.75) is 20.0 Å². The SMILES string of the molecule is CCN(CC)c1nc(OP(=S)(OC)OC)cc(C(F)(F)F)n1. The normalized spacial score (nSPS) is 12.3. The van der Waals surface area contributed by atoms with E-state index in [1.807, 2.05) is 0 Å². The molecule has 0 amide bonds. The van der Waals surface area contributed by atoms with Crippen LogP contribution in [-0.2, 0) is 27.0 Å². The van der Waals surface area contributed by atoms with E-state index in [4.69, 9.17) is 25.4 Å². The molecule has 1 aromatic heterocycles. The van der Waals surface area contributed by atoms with Crippen molar-refractivity contribution in [3.63, 3.8) is 0 Å². The monoisotopic (exact) mass is 359 g/mol. The fourth-order valence-corrected chi connectivity index (χ4v) is 2.37. The van der Waals surface area contributed by atoms with Gasteiger partial charge >= 0.3 is 12.9 Å². The summed E-state index contributed by atoms with van der Waals surface area (Å²) in [7, 11) is 2.50. The number of halogens is 3. The van der Waals surface area contributed by atoms with E-state index in [1.165, 1.54) is 14.2 Å². The summed E-state index contributed by atoms with van der Waals surface area (Å²) in [6.45, 7) is 1.26. The number of hydrogen-bond acceptors (Lipinski definition) is 7. The van der Waals surface area contributed by atoms with Crippen molar-refractivity contribution in [2.24, 2.45) is 0 Å². The minimum atomic E-state index is -4.63. The molecule has 0 fully saturated rings. The molecule has 0 spiro atoms. The van der Waals surface area contributed by atoms with Crippen molar-refractivity contribution in [2.75, 3.05) is 32.2 Å². The van der Waals surface area contributed by atoms with Crippen LogP contribution in [0.15, 0.2) is 6.07 Å². The summed E-state index contributed by atoms with van der Waals surface area (Å²) >= 11 is 4.98. The Morgan fingerprint density at radius 2 is 1.73 bits per heavy atom. The summed E-state index contributed by atoms with van der Waals surface area (Å²) in [6, 6.07) is 0.673. The van der Waals surface area contributed by atoms with Crippen LogP contribution >= 0.6 is 6.72 Å². The van der Waals surface area contributed by atoms with Crippen LogP contribution in [0.25, 0.3) is 0 Å². The van der Waals surface area contributed by atoms with Gasteiger partial charge in [-0.2, -0.15) is 18.2 Å². The van der Waals surface area contributed by atoms with E-state index in [-0.39, 0.29) is 11.8 Å². The quantitative estimate of drug-likeness (QED) is 0.693. The summed E-state index contributed by atoms with van der Waals surface area (Å²) in [4.78, 5) is 9.06. The van der Waals surface area contributed by atoms with E-state index >= 15 is 0 Å². The minimum absolute atomic E-state index is 0.0939. The molecule has 0 N–H and O–H groups in total. The second-order valence-electron chi connectivity index (χ2n) is 3.97. The van der Waals surface area contributed by atoms with Crippen LogP contribution in [0.4, 0.5) is 19.1 Å². The third-order valence-electron chi connectivity index (χ3n) is 2.68. The first-order chi connectivity index (χ1) is 10.2. The van der Waals surface area contributed by atoms with Crippen LogP contribution in [0.5, 0.6) is 5.88 Å². The van der Waals surface area contributed by atoms with Crippen molar-refractivity contribution in [3.8, 4) is 5.88 Å². The van der Waals surface area contributed by atoms with Gasteiger partial charge in [-0.05, 0) is 13.8 Å². The summed E-state index contributed by atoms with van der Waals surface area (Å²) in [5.41, 5.74) is -1.12. The fraction of sp³-hybridized carbons (Fsp3) is 0.636. The lowest BCUT2D eigenvalue weighted by Gasteiger charge is -2.22. The summed E-state index contributed by atoms with van der Waals surface area (Å²) in [6.07, 6.45) is -4.63. The second-order valence-corrected chi connectivity index (χ2v) is 7.11. The lowest BCUT2D eigenvalue weighted by molar-refractivity contribution is -0.141. The molecule has 0 aliphatic heterocycles. The highest BCUT2D eigenvalue weighted by atomic mass is 32.5. The number of nitrogens with zero attached hydrogens (tertiary/aromatic N) is 3. The average molecular weight is 359 g/mol. The molecule has 1 heterocycles. The summed E-state index contributed by atoms with van der Waals surface area (Å²) in [5, 5.41) is 0. The van der Waals surface area contributed by atoms with Crippen molar-refractivity contribution < 1.29 is 26.7 Å². The third kappa shape index (κ3) is 4.77. The van der Waals surface area contributed by atoms with Crippen molar-refractivity contribution in [1.29, 1.82) is 0 Å². The maximum atomic E-state index is 13.0. The molecule has 0 atom stereocenters. The Kier molecular flexibility index (Phi) is 6.54. The smallest absolute Gasteiger partial charge is 0.405 e. The van der Waals surface area contributed by atoms with Gasteiger partial charge in [0.25, 0.3) is 0 Å². The summed E-state index contributed by atoms with van der Waals surface area (Å²) < 4.78 is 53.9. The average Bonchev–Trinajstić information content (AvgIpc) is 2.47. The number of anilines is 1. The predicted octanol–water partition coefficient (Wildman–Crippen LogP) is 3.24. The standard InChI is InChI=1S/C11H17F3N3O3PS/c1-5-17(6-2)10-15-8(11(12,13)14)7-9(16-10)20-21(22,18-3)19-4/h7H,5-6H2,1-4H3. The molecule has 0 saturated heterocycles. The van der Waals surface area contributed by atoms with Gasteiger partial charge < -0.3 is 18.5 Å². The third-order valence-corrected chi connectivity index (χ3v) is 5.10. The first kappa shape index (κ1) is 19.1. The van der Waals surface area contributed by atoms with E-state index in [2.05, 4.69) is 9.97 Å². The molecule has 0 aliphatic rings. The Morgan fingerprint density at radius 1 is 1.18 bits per heavy atom. The van der Waals surface area contributed by atoms with Crippen LogP contribution in [0.2, 0.25) is 0 Å². The molecule has 0 aromatic carbocycles. The summed E-state index contributed by atoms with van der Waals surface area (Å²) in [5.74, 6) is -0.431. The molecule has 0 unspecified atom stereocenters. The number of aromatic nitrogens is 2. The highest BCUT2D eigenvalue weighted by molar-refractivity contribution is 8.07. The maximum absolute atomic E-state index is 13.0. The van der Waals surface area contributed by atoms with E-state index in [1.54, 1.807) is 18.7 Å². The van der Waals surface area contributed by atoms with Crippen molar-refractivity contribution in [1.82, 2.24) is 9.97 Å². The van der Waals surface area contributed by atoms with Crippen LogP contribution in [0, 0.1) is 0 Å². The number of alkyl halides is 3. The van der Waals surface area contributed by atoms with Crippen LogP contribution in [0.3, 0.4) is 0 Å².